The van der Waals surface area contributed by atoms with Gasteiger partial charge >= 0.3 is 0 Å². The van der Waals surface area contributed by atoms with Gasteiger partial charge in [0.05, 0.1) is 10.6 Å². The van der Waals surface area contributed by atoms with E-state index in [0.717, 1.165) is 20.6 Å². The molecule has 2 aromatic rings. The molecule has 0 fully saturated rings. The van der Waals surface area contributed by atoms with E-state index in [-0.39, 0.29) is 11.4 Å². The number of rotatable bonds is 4. The zero-order valence-electron chi connectivity index (χ0n) is 11.9. The van der Waals surface area contributed by atoms with Crippen molar-refractivity contribution in [2.75, 3.05) is 4.72 Å². The predicted octanol–water partition coefficient (Wildman–Crippen LogP) is 3.09. The van der Waals surface area contributed by atoms with E-state index < -0.39 is 10.0 Å². The average Bonchev–Trinajstić information content (AvgIpc) is 2.70. The SMILES string of the molecule is Cc1nc(NS(=O)(=O)c2cc(CN)cc(Br)c2C)sc1C. The summed E-state index contributed by atoms with van der Waals surface area (Å²) in [5.41, 5.74) is 7.83. The third kappa shape index (κ3) is 3.45. The Morgan fingerprint density at radius 3 is 2.52 bits per heavy atom. The standard InChI is InChI=1S/C13H16BrN3O2S2/c1-7-11(14)4-10(6-15)5-12(7)21(18,19)17-13-16-8(2)9(3)20-13/h4-5H,6,15H2,1-3H3,(H,16,17). The third-order valence-corrected chi connectivity index (χ3v) is 6.54. The van der Waals surface area contributed by atoms with E-state index in [1.807, 2.05) is 19.9 Å². The lowest BCUT2D eigenvalue weighted by Crippen LogP contribution is -2.15. The monoisotopic (exact) mass is 389 g/mol. The molecule has 1 aromatic heterocycles. The molecule has 21 heavy (non-hydrogen) atoms. The summed E-state index contributed by atoms with van der Waals surface area (Å²) < 4.78 is 28.4. The minimum atomic E-state index is -3.69. The van der Waals surface area contributed by atoms with Crippen LogP contribution in [0.15, 0.2) is 21.5 Å². The van der Waals surface area contributed by atoms with E-state index in [1.54, 1.807) is 13.0 Å². The first-order valence-corrected chi connectivity index (χ1v) is 9.30. The summed E-state index contributed by atoms with van der Waals surface area (Å²) in [5.74, 6) is 0. The lowest BCUT2D eigenvalue weighted by atomic mass is 10.1. The van der Waals surface area contributed by atoms with Crippen molar-refractivity contribution < 1.29 is 8.42 Å². The molecule has 0 amide bonds. The molecule has 114 valence electrons. The van der Waals surface area contributed by atoms with Gasteiger partial charge in [0, 0.05) is 15.9 Å². The second-order valence-corrected chi connectivity index (χ2v) is 8.38. The van der Waals surface area contributed by atoms with Gasteiger partial charge in [-0.15, -0.1) is 11.3 Å². The summed E-state index contributed by atoms with van der Waals surface area (Å²) in [4.78, 5) is 5.41. The zero-order chi connectivity index (χ0) is 15.8. The lowest BCUT2D eigenvalue weighted by molar-refractivity contribution is 0.600. The van der Waals surface area contributed by atoms with E-state index >= 15 is 0 Å². The molecule has 2 rings (SSSR count). The predicted molar refractivity (Wildman–Crippen MR) is 89.2 cm³/mol. The maximum Gasteiger partial charge on any atom is 0.263 e. The second-order valence-electron chi connectivity index (χ2n) is 4.67. The Morgan fingerprint density at radius 2 is 2.00 bits per heavy atom. The van der Waals surface area contributed by atoms with Crippen LogP contribution in [-0.2, 0) is 16.6 Å². The van der Waals surface area contributed by atoms with Gasteiger partial charge in [0.15, 0.2) is 5.13 Å². The van der Waals surface area contributed by atoms with Crippen molar-refractivity contribution in [3.63, 3.8) is 0 Å². The fourth-order valence-corrected chi connectivity index (χ4v) is 4.80. The Hall–Kier alpha value is -0.960. The summed E-state index contributed by atoms with van der Waals surface area (Å²) >= 11 is 4.69. The first-order valence-electron chi connectivity index (χ1n) is 6.20. The molecule has 0 aliphatic carbocycles. The first-order chi connectivity index (χ1) is 9.74. The van der Waals surface area contributed by atoms with Crippen LogP contribution in [0.5, 0.6) is 0 Å². The van der Waals surface area contributed by atoms with Crippen molar-refractivity contribution in [3.8, 4) is 0 Å². The molecular formula is C13H16BrN3O2S2. The fraction of sp³-hybridized carbons (Fsp3) is 0.308. The van der Waals surface area contributed by atoms with Crippen molar-refractivity contribution in [2.24, 2.45) is 5.73 Å². The van der Waals surface area contributed by atoms with E-state index in [1.165, 1.54) is 11.3 Å². The molecule has 8 heteroatoms. The van der Waals surface area contributed by atoms with E-state index in [0.29, 0.717) is 10.7 Å². The van der Waals surface area contributed by atoms with Crippen LogP contribution in [0.25, 0.3) is 0 Å². The number of nitrogens with one attached hydrogen (secondary N) is 1. The number of anilines is 1. The van der Waals surface area contributed by atoms with Crippen molar-refractivity contribution in [1.29, 1.82) is 0 Å². The quantitative estimate of drug-likeness (QED) is 0.840. The van der Waals surface area contributed by atoms with Crippen molar-refractivity contribution in [3.05, 3.63) is 38.3 Å². The Balaban J connectivity index is 2.46. The molecule has 3 N–H and O–H groups in total. The normalized spacial score (nSPS) is 11.7. The summed E-state index contributed by atoms with van der Waals surface area (Å²) in [6, 6.07) is 3.42. The smallest absolute Gasteiger partial charge is 0.263 e. The molecule has 0 aliphatic heterocycles. The van der Waals surface area contributed by atoms with E-state index in [2.05, 4.69) is 25.6 Å². The molecule has 0 unspecified atom stereocenters. The first kappa shape index (κ1) is 16.4. The maximum absolute atomic E-state index is 12.6. The number of nitrogens with two attached hydrogens (primary N) is 1. The van der Waals surface area contributed by atoms with Crippen LogP contribution in [0.1, 0.15) is 21.7 Å². The Morgan fingerprint density at radius 1 is 1.33 bits per heavy atom. The largest absolute Gasteiger partial charge is 0.326 e. The molecule has 0 spiro atoms. The van der Waals surface area contributed by atoms with Crippen LogP contribution < -0.4 is 10.5 Å². The number of sulfonamides is 1. The van der Waals surface area contributed by atoms with Crippen molar-refractivity contribution in [2.45, 2.75) is 32.2 Å². The summed E-state index contributed by atoms with van der Waals surface area (Å²) in [6.45, 7) is 5.77. The number of aryl methyl sites for hydroxylation is 2. The Bertz CT molecular complexity index is 765. The molecule has 0 saturated carbocycles. The highest BCUT2D eigenvalue weighted by molar-refractivity contribution is 9.10. The molecule has 0 bridgehead atoms. The molecule has 0 atom stereocenters. The summed E-state index contributed by atoms with van der Waals surface area (Å²) in [5, 5.41) is 0.374. The van der Waals surface area contributed by atoms with E-state index in [4.69, 9.17) is 5.73 Å². The molecule has 1 aromatic carbocycles. The number of nitrogens with zero attached hydrogens (tertiary/aromatic N) is 1. The number of benzene rings is 1. The van der Waals surface area contributed by atoms with Gasteiger partial charge in [-0.1, -0.05) is 15.9 Å². The number of hydrogen-bond donors (Lipinski definition) is 2. The van der Waals surface area contributed by atoms with Gasteiger partial charge in [-0.2, -0.15) is 0 Å². The topological polar surface area (TPSA) is 85.1 Å². The van der Waals surface area contributed by atoms with Crippen LogP contribution >= 0.6 is 27.3 Å². The van der Waals surface area contributed by atoms with E-state index in [9.17, 15) is 8.42 Å². The van der Waals surface area contributed by atoms with Crippen LogP contribution in [0.2, 0.25) is 0 Å². The highest BCUT2D eigenvalue weighted by atomic mass is 79.9. The molecule has 0 radical (unpaired) electrons. The Labute approximate surface area is 136 Å². The molecule has 1 heterocycles. The molecule has 5 nitrogen and oxygen atoms in total. The van der Waals surface area contributed by atoms with Gasteiger partial charge in [-0.3, -0.25) is 4.72 Å². The molecule has 0 saturated heterocycles. The number of thiazole rings is 1. The number of halogens is 1. The minimum Gasteiger partial charge on any atom is -0.326 e. The van der Waals surface area contributed by atoms with Gasteiger partial charge in [0.25, 0.3) is 10.0 Å². The third-order valence-electron chi connectivity index (χ3n) is 3.13. The van der Waals surface area contributed by atoms with Crippen LogP contribution in [0, 0.1) is 20.8 Å². The molecule has 0 aliphatic rings. The molecular weight excluding hydrogens is 374 g/mol. The highest BCUT2D eigenvalue weighted by Crippen LogP contribution is 2.29. The zero-order valence-corrected chi connectivity index (χ0v) is 15.1. The van der Waals surface area contributed by atoms with Crippen LogP contribution in [0.3, 0.4) is 0 Å². The van der Waals surface area contributed by atoms with Gasteiger partial charge in [0.2, 0.25) is 0 Å². The Kier molecular flexibility index (Phi) is 4.72. The lowest BCUT2D eigenvalue weighted by Gasteiger charge is -2.11. The van der Waals surface area contributed by atoms with Gasteiger partial charge in [-0.05, 0) is 44.0 Å². The number of aromatic nitrogens is 1. The number of hydrogen-bond acceptors (Lipinski definition) is 5. The fourth-order valence-electron chi connectivity index (χ4n) is 1.79. The minimum absolute atomic E-state index is 0.211. The average molecular weight is 390 g/mol. The summed E-state index contributed by atoms with van der Waals surface area (Å²) in [7, 11) is -3.69. The van der Waals surface area contributed by atoms with Gasteiger partial charge < -0.3 is 5.73 Å². The second kappa shape index (κ2) is 6.04. The van der Waals surface area contributed by atoms with Crippen LogP contribution in [0.4, 0.5) is 5.13 Å². The summed E-state index contributed by atoms with van der Waals surface area (Å²) in [6.07, 6.45) is 0. The van der Waals surface area contributed by atoms with Crippen molar-refractivity contribution >= 4 is 42.4 Å². The maximum atomic E-state index is 12.6. The van der Waals surface area contributed by atoms with Crippen LogP contribution in [-0.4, -0.2) is 13.4 Å². The highest BCUT2D eigenvalue weighted by Gasteiger charge is 2.21. The van der Waals surface area contributed by atoms with Gasteiger partial charge in [-0.25, -0.2) is 13.4 Å². The van der Waals surface area contributed by atoms with Gasteiger partial charge in [0.1, 0.15) is 0 Å². The van der Waals surface area contributed by atoms with Crippen molar-refractivity contribution in [1.82, 2.24) is 4.98 Å².